The second-order valence-electron chi connectivity index (χ2n) is 2.90. The standard InChI is InChI=1S/C9H16Cl2O2/c1-3-5-7(10)8(9(11)12)13-6-4-2/h7-8H,3-6H2,1-2H3. The van der Waals surface area contributed by atoms with Crippen LogP contribution in [0.5, 0.6) is 0 Å². The lowest BCUT2D eigenvalue weighted by atomic mass is 10.1. The smallest absolute Gasteiger partial charge is 0.252 e. The van der Waals surface area contributed by atoms with E-state index in [2.05, 4.69) is 0 Å². The monoisotopic (exact) mass is 226 g/mol. The average Bonchev–Trinajstić information content (AvgIpc) is 2.05. The van der Waals surface area contributed by atoms with E-state index in [9.17, 15) is 4.79 Å². The van der Waals surface area contributed by atoms with Gasteiger partial charge in [-0.05, 0) is 24.4 Å². The van der Waals surface area contributed by atoms with Crippen LogP contribution in [0, 0.1) is 0 Å². The summed E-state index contributed by atoms with van der Waals surface area (Å²) >= 11 is 11.3. The summed E-state index contributed by atoms with van der Waals surface area (Å²) in [6.07, 6.45) is 1.87. The Morgan fingerprint density at radius 1 is 1.38 bits per heavy atom. The Morgan fingerprint density at radius 3 is 2.38 bits per heavy atom. The molecule has 2 unspecified atom stereocenters. The molecule has 0 aliphatic carbocycles. The van der Waals surface area contributed by atoms with Crippen LogP contribution in [0.15, 0.2) is 0 Å². The van der Waals surface area contributed by atoms with E-state index in [1.807, 2.05) is 13.8 Å². The van der Waals surface area contributed by atoms with Crippen LogP contribution in [0.2, 0.25) is 0 Å². The number of halogens is 2. The van der Waals surface area contributed by atoms with Crippen molar-refractivity contribution in [2.24, 2.45) is 0 Å². The first-order valence-electron chi connectivity index (χ1n) is 4.58. The molecule has 0 rings (SSSR count). The van der Waals surface area contributed by atoms with Crippen molar-refractivity contribution in [2.75, 3.05) is 6.61 Å². The van der Waals surface area contributed by atoms with Crippen molar-refractivity contribution in [3.05, 3.63) is 0 Å². The van der Waals surface area contributed by atoms with Gasteiger partial charge < -0.3 is 4.74 Å². The molecule has 0 aliphatic rings. The lowest BCUT2D eigenvalue weighted by Gasteiger charge is -2.18. The lowest BCUT2D eigenvalue weighted by molar-refractivity contribution is -0.122. The van der Waals surface area contributed by atoms with Gasteiger partial charge in [-0.15, -0.1) is 11.6 Å². The predicted molar refractivity (Wildman–Crippen MR) is 55.4 cm³/mol. The zero-order chi connectivity index (χ0) is 10.3. The summed E-state index contributed by atoms with van der Waals surface area (Å²) in [7, 11) is 0. The number of ether oxygens (including phenoxy) is 1. The highest BCUT2D eigenvalue weighted by atomic mass is 35.5. The fourth-order valence-electron chi connectivity index (χ4n) is 0.984. The van der Waals surface area contributed by atoms with Gasteiger partial charge in [0.25, 0.3) is 5.24 Å². The number of hydrogen-bond donors (Lipinski definition) is 0. The number of hydrogen-bond acceptors (Lipinski definition) is 2. The number of carbonyl (C=O) groups is 1. The van der Waals surface area contributed by atoms with E-state index in [1.54, 1.807) is 0 Å². The minimum atomic E-state index is -0.650. The molecule has 13 heavy (non-hydrogen) atoms. The van der Waals surface area contributed by atoms with Gasteiger partial charge in [0, 0.05) is 6.61 Å². The Labute approximate surface area is 89.5 Å². The van der Waals surface area contributed by atoms with Gasteiger partial charge in [-0.25, -0.2) is 0 Å². The highest BCUT2D eigenvalue weighted by molar-refractivity contribution is 6.65. The Balaban J connectivity index is 3.99. The second kappa shape index (κ2) is 7.60. The summed E-state index contributed by atoms with van der Waals surface area (Å²) < 4.78 is 5.25. The van der Waals surface area contributed by atoms with E-state index in [1.165, 1.54) is 0 Å². The molecule has 0 heterocycles. The Hall–Kier alpha value is 0.210. The predicted octanol–water partition coefficient (Wildman–Crippen LogP) is 2.95. The van der Waals surface area contributed by atoms with E-state index >= 15 is 0 Å². The molecule has 4 heteroatoms. The first-order chi connectivity index (χ1) is 6.13. The third kappa shape index (κ3) is 5.50. The molecule has 2 atom stereocenters. The van der Waals surface area contributed by atoms with E-state index in [0.29, 0.717) is 6.61 Å². The van der Waals surface area contributed by atoms with Gasteiger partial charge in [0.05, 0.1) is 5.38 Å². The van der Waals surface area contributed by atoms with Gasteiger partial charge in [-0.3, -0.25) is 4.79 Å². The van der Waals surface area contributed by atoms with Crippen molar-refractivity contribution in [3.8, 4) is 0 Å². The maximum atomic E-state index is 10.9. The summed E-state index contributed by atoms with van der Waals surface area (Å²) in [5.41, 5.74) is 0. The third-order valence-corrected chi connectivity index (χ3v) is 2.28. The Kier molecular flexibility index (Phi) is 7.72. The topological polar surface area (TPSA) is 26.3 Å². The summed E-state index contributed by atoms with van der Waals surface area (Å²) in [6.45, 7) is 4.50. The van der Waals surface area contributed by atoms with Crippen LogP contribution < -0.4 is 0 Å². The van der Waals surface area contributed by atoms with Crippen LogP contribution >= 0.6 is 23.2 Å². The summed E-state index contributed by atoms with van der Waals surface area (Å²) in [6, 6.07) is 0. The van der Waals surface area contributed by atoms with Crippen molar-refractivity contribution >= 4 is 28.4 Å². The molecule has 0 aliphatic heterocycles. The molecule has 0 bridgehead atoms. The van der Waals surface area contributed by atoms with Crippen molar-refractivity contribution in [2.45, 2.75) is 44.6 Å². The largest absolute Gasteiger partial charge is 0.368 e. The lowest BCUT2D eigenvalue weighted by Crippen LogP contribution is -2.30. The Bertz CT molecular complexity index is 151. The minimum Gasteiger partial charge on any atom is -0.368 e. The molecule has 0 amide bonds. The van der Waals surface area contributed by atoms with Crippen LogP contribution in [0.3, 0.4) is 0 Å². The highest BCUT2D eigenvalue weighted by Gasteiger charge is 2.25. The molecule has 78 valence electrons. The van der Waals surface area contributed by atoms with Crippen LogP contribution in [0.4, 0.5) is 0 Å². The molecule has 0 aromatic rings. The second-order valence-corrected chi connectivity index (χ2v) is 3.83. The van der Waals surface area contributed by atoms with Crippen LogP contribution in [0.25, 0.3) is 0 Å². The molecule has 0 radical (unpaired) electrons. The van der Waals surface area contributed by atoms with Gasteiger partial charge in [0.1, 0.15) is 6.10 Å². The fourth-order valence-corrected chi connectivity index (χ4v) is 1.67. The van der Waals surface area contributed by atoms with Crippen LogP contribution in [-0.2, 0) is 9.53 Å². The van der Waals surface area contributed by atoms with Gasteiger partial charge in [0.15, 0.2) is 0 Å². The maximum Gasteiger partial charge on any atom is 0.252 e. The minimum absolute atomic E-state index is 0.304. The SMILES string of the molecule is CCCOC(C(=O)Cl)C(Cl)CCC. The molecule has 0 saturated carbocycles. The zero-order valence-electron chi connectivity index (χ0n) is 8.06. The fraction of sp³-hybridized carbons (Fsp3) is 0.889. The van der Waals surface area contributed by atoms with E-state index in [-0.39, 0.29) is 5.38 Å². The van der Waals surface area contributed by atoms with Gasteiger partial charge >= 0.3 is 0 Å². The number of rotatable bonds is 7. The molecule has 0 saturated heterocycles. The van der Waals surface area contributed by atoms with E-state index in [0.717, 1.165) is 19.3 Å². The summed E-state index contributed by atoms with van der Waals surface area (Å²) in [5, 5.41) is -0.802. The first-order valence-corrected chi connectivity index (χ1v) is 5.39. The number of carbonyl (C=O) groups excluding carboxylic acids is 1. The van der Waals surface area contributed by atoms with E-state index in [4.69, 9.17) is 27.9 Å². The van der Waals surface area contributed by atoms with Crippen LogP contribution in [0.1, 0.15) is 33.1 Å². The van der Waals surface area contributed by atoms with Crippen molar-refractivity contribution in [1.29, 1.82) is 0 Å². The quantitative estimate of drug-likeness (QED) is 0.493. The molecule has 0 aromatic carbocycles. The van der Waals surface area contributed by atoms with Crippen molar-refractivity contribution < 1.29 is 9.53 Å². The Morgan fingerprint density at radius 2 is 2.00 bits per heavy atom. The first kappa shape index (κ1) is 13.2. The van der Waals surface area contributed by atoms with Crippen molar-refractivity contribution in [1.82, 2.24) is 0 Å². The maximum absolute atomic E-state index is 10.9. The average molecular weight is 227 g/mol. The molecule has 2 nitrogen and oxygen atoms in total. The molecular weight excluding hydrogens is 211 g/mol. The third-order valence-electron chi connectivity index (χ3n) is 1.62. The normalized spacial score (nSPS) is 15.4. The van der Waals surface area contributed by atoms with Gasteiger partial charge in [0.2, 0.25) is 0 Å². The van der Waals surface area contributed by atoms with Gasteiger partial charge in [-0.2, -0.15) is 0 Å². The summed E-state index contributed by atoms with van der Waals surface area (Å²) in [4.78, 5) is 10.9. The van der Waals surface area contributed by atoms with Gasteiger partial charge in [-0.1, -0.05) is 20.3 Å². The molecular formula is C9H16Cl2O2. The number of alkyl halides is 1. The molecule has 0 fully saturated rings. The molecule has 0 spiro atoms. The van der Waals surface area contributed by atoms with Crippen LogP contribution in [-0.4, -0.2) is 23.3 Å². The molecule has 0 N–H and O–H groups in total. The highest BCUT2D eigenvalue weighted by Crippen LogP contribution is 2.16. The van der Waals surface area contributed by atoms with Crippen molar-refractivity contribution in [3.63, 3.8) is 0 Å². The molecule has 0 aromatic heterocycles. The summed E-state index contributed by atoms with van der Waals surface area (Å²) in [5.74, 6) is 0. The zero-order valence-corrected chi connectivity index (χ0v) is 9.57. The van der Waals surface area contributed by atoms with E-state index < -0.39 is 11.3 Å².